The molecule has 3 rings (SSSR count). The van der Waals surface area contributed by atoms with Crippen molar-refractivity contribution >= 4 is 23.0 Å². The van der Waals surface area contributed by atoms with Gasteiger partial charge in [-0.1, -0.05) is 78.4 Å². The maximum Gasteiger partial charge on any atom is 0.171 e. The van der Waals surface area contributed by atoms with Gasteiger partial charge in [0.05, 0.1) is 6.04 Å². The van der Waals surface area contributed by atoms with Crippen LogP contribution in [0.2, 0.25) is 0 Å². The van der Waals surface area contributed by atoms with E-state index in [9.17, 15) is 0 Å². The monoisotopic (exact) mass is 346 g/mol. The highest BCUT2D eigenvalue weighted by Gasteiger charge is 2.15. The molecule has 0 aliphatic carbocycles. The highest BCUT2D eigenvalue weighted by Crippen LogP contribution is 2.23. The topological polar surface area (TPSA) is 24.1 Å². The average Bonchev–Trinajstić information content (AvgIpc) is 2.63. The van der Waals surface area contributed by atoms with Crippen molar-refractivity contribution in [2.24, 2.45) is 0 Å². The molecule has 0 saturated carbocycles. The van der Waals surface area contributed by atoms with Gasteiger partial charge < -0.3 is 10.6 Å². The number of thiocarbonyl (C=S) groups is 1. The molecule has 0 radical (unpaired) electrons. The second-order valence-corrected chi connectivity index (χ2v) is 6.58. The Kier molecular flexibility index (Phi) is 5.46. The number of para-hydroxylation sites is 1. The summed E-state index contributed by atoms with van der Waals surface area (Å²) in [6.45, 7) is 4.17. The Morgan fingerprint density at radius 3 is 2.04 bits per heavy atom. The lowest BCUT2D eigenvalue weighted by molar-refractivity contribution is 0.768. The molecule has 0 amide bonds. The molecule has 3 aromatic carbocycles. The van der Waals surface area contributed by atoms with Crippen LogP contribution in [0.3, 0.4) is 0 Å². The van der Waals surface area contributed by atoms with Crippen LogP contribution >= 0.6 is 12.2 Å². The summed E-state index contributed by atoms with van der Waals surface area (Å²) < 4.78 is 0. The van der Waals surface area contributed by atoms with Gasteiger partial charge in [-0.2, -0.15) is 0 Å². The first kappa shape index (κ1) is 17.2. The standard InChI is InChI=1S/C22H22N2S/c1-16-12-14-19(15-13-16)21(18-9-4-3-5-10-18)24-22(25)23-20-11-7-6-8-17(20)2/h3-15,21H,1-2H3,(H2,23,24,25)/t21-/m1/s1. The fraction of sp³-hybridized carbons (Fsp3) is 0.136. The zero-order valence-corrected chi connectivity index (χ0v) is 15.3. The zero-order chi connectivity index (χ0) is 17.6. The van der Waals surface area contributed by atoms with E-state index in [2.05, 4.69) is 79.1 Å². The zero-order valence-electron chi connectivity index (χ0n) is 14.5. The Balaban J connectivity index is 1.84. The Bertz CT molecular complexity index is 841. The van der Waals surface area contributed by atoms with E-state index < -0.39 is 0 Å². The largest absolute Gasteiger partial charge is 0.352 e. The molecule has 0 aliphatic rings. The summed E-state index contributed by atoms with van der Waals surface area (Å²) in [5.41, 5.74) is 5.80. The van der Waals surface area contributed by atoms with Crippen molar-refractivity contribution in [3.05, 3.63) is 101 Å². The minimum atomic E-state index is 0.00539. The highest BCUT2D eigenvalue weighted by atomic mass is 32.1. The second-order valence-electron chi connectivity index (χ2n) is 6.17. The fourth-order valence-electron chi connectivity index (χ4n) is 2.77. The van der Waals surface area contributed by atoms with Crippen molar-refractivity contribution in [1.82, 2.24) is 5.32 Å². The van der Waals surface area contributed by atoms with E-state index in [1.807, 2.05) is 24.3 Å². The first-order valence-electron chi connectivity index (χ1n) is 8.38. The maximum absolute atomic E-state index is 5.58. The van der Waals surface area contributed by atoms with Crippen molar-refractivity contribution < 1.29 is 0 Å². The van der Waals surface area contributed by atoms with Gasteiger partial charge in [0.1, 0.15) is 0 Å². The number of benzene rings is 3. The van der Waals surface area contributed by atoms with Gasteiger partial charge in [-0.15, -0.1) is 0 Å². The Morgan fingerprint density at radius 2 is 1.36 bits per heavy atom. The molecule has 3 aromatic rings. The molecule has 0 aliphatic heterocycles. The van der Waals surface area contributed by atoms with E-state index in [0.717, 1.165) is 5.69 Å². The third kappa shape index (κ3) is 4.46. The molecule has 0 heterocycles. The van der Waals surface area contributed by atoms with E-state index in [1.54, 1.807) is 0 Å². The predicted octanol–water partition coefficient (Wildman–Crippen LogP) is 5.38. The first-order valence-corrected chi connectivity index (χ1v) is 8.79. The van der Waals surface area contributed by atoms with Crippen LogP contribution in [0.5, 0.6) is 0 Å². The molecule has 126 valence electrons. The maximum atomic E-state index is 5.58. The van der Waals surface area contributed by atoms with Gasteiger partial charge in [0.2, 0.25) is 0 Å². The quantitative estimate of drug-likeness (QED) is 0.620. The molecule has 25 heavy (non-hydrogen) atoms. The molecule has 0 spiro atoms. The summed E-state index contributed by atoms with van der Waals surface area (Å²) in [4.78, 5) is 0. The molecule has 3 heteroatoms. The van der Waals surface area contributed by atoms with Crippen molar-refractivity contribution in [2.75, 3.05) is 5.32 Å². The minimum Gasteiger partial charge on any atom is -0.352 e. The van der Waals surface area contributed by atoms with Gasteiger partial charge in [0.25, 0.3) is 0 Å². The third-order valence-corrected chi connectivity index (χ3v) is 4.43. The molecular weight excluding hydrogens is 324 g/mol. The highest BCUT2D eigenvalue weighted by molar-refractivity contribution is 7.80. The van der Waals surface area contributed by atoms with Crippen LogP contribution in [-0.2, 0) is 0 Å². The van der Waals surface area contributed by atoms with Gasteiger partial charge >= 0.3 is 0 Å². The van der Waals surface area contributed by atoms with E-state index in [4.69, 9.17) is 12.2 Å². The van der Waals surface area contributed by atoms with Crippen LogP contribution in [0.15, 0.2) is 78.9 Å². The molecule has 0 saturated heterocycles. The summed E-state index contributed by atoms with van der Waals surface area (Å²) in [6, 6.07) is 27.1. The number of aryl methyl sites for hydroxylation is 2. The SMILES string of the molecule is Cc1ccc([C@H](NC(=S)Nc2ccccc2C)c2ccccc2)cc1. The lowest BCUT2D eigenvalue weighted by Crippen LogP contribution is -2.33. The molecule has 0 aromatic heterocycles. The summed E-state index contributed by atoms with van der Waals surface area (Å²) in [6.07, 6.45) is 0. The van der Waals surface area contributed by atoms with Crippen LogP contribution in [0, 0.1) is 13.8 Å². The van der Waals surface area contributed by atoms with Crippen LogP contribution in [0.4, 0.5) is 5.69 Å². The number of nitrogens with one attached hydrogen (secondary N) is 2. The molecular formula is C22H22N2S. The average molecular weight is 346 g/mol. The predicted molar refractivity (Wildman–Crippen MR) is 110 cm³/mol. The second kappa shape index (κ2) is 7.95. The number of rotatable bonds is 4. The van der Waals surface area contributed by atoms with Gasteiger partial charge in [0, 0.05) is 5.69 Å². The van der Waals surface area contributed by atoms with Gasteiger partial charge in [-0.05, 0) is 48.8 Å². The van der Waals surface area contributed by atoms with Crippen LogP contribution in [0.1, 0.15) is 28.3 Å². The fourth-order valence-corrected chi connectivity index (χ4v) is 2.99. The number of hydrogen-bond acceptors (Lipinski definition) is 1. The normalized spacial score (nSPS) is 11.6. The van der Waals surface area contributed by atoms with Crippen LogP contribution in [0.25, 0.3) is 0 Å². The molecule has 0 fully saturated rings. The molecule has 2 nitrogen and oxygen atoms in total. The molecule has 0 bridgehead atoms. The van der Waals surface area contributed by atoms with E-state index in [1.165, 1.54) is 22.3 Å². The van der Waals surface area contributed by atoms with Gasteiger partial charge in [-0.25, -0.2) is 0 Å². The van der Waals surface area contributed by atoms with E-state index in [0.29, 0.717) is 5.11 Å². The summed E-state index contributed by atoms with van der Waals surface area (Å²) >= 11 is 5.58. The first-order chi connectivity index (χ1) is 12.1. The van der Waals surface area contributed by atoms with E-state index in [-0.39, 0.29) is 6.04 Å². The lowest BCUT2D eigenvalue weighted by atomic mass is 9.98. The summed E-state index contributed by atoms with van der Waals surface area (Å²) in [5.74, 6) is 0. The summed E-state index contributed by atoms with van der Waals surface area (Å²) in [7, 11) is 0. The van der Waals surface area contributed by atoms with Crippen molar-refractivity contribution in [3.8, 4) is 0 Å². The Hall–Kier alpha value is -2.65. The van der Waals surface area contributed by atoms with Crippen LogP contribution in [-0.4, -0.2) is 5.11 Å². The minimum absolute atomic E-state index is 0.00539. The lowest BCUT2D eigenvalue weighted by Gasteiger charge is -2.22. The third-order valence-electron chi connectivity index (χ3n) is 4.21. The Morgan fingerprint density at radius 1 is 0.760 bits per heavy atom. The molecule has 1 atom stereocenters. The number of anilines is 1. The van der Waals surface area contributed by atoms with Gasteiger partial charge in [0.15, 0.2) is 5.11 Å². The van der Waals surface area contributed by atoms with E-state index >= 15 is 0 Å². The van der Waals surface area contributed by atoms with Crippen molar-refractivity contribution in [1.29, 1.82) is 0 Å². The number of hydrogen-bond donors (Lipinski definition) is 2. The molecule has 0 unspecified atom stereocenters. The van der Waals surface area contributed by atoms with Crippen molar-refractivity contribution in [2.45, 2.75) is 19.9 Å². The van der Waals surface area contributed by atoms with Crippen LogP contribution < -0.4 is 10.6 Å². The van der Waals surface area contributed by atoms with Crippen molar-refractivity contribution in [3.63, 3.8) is 0 Å². The molecule has 2 N–H and O–H groups in total. The Labute approximate surface area is 154 Å². The summed E-state index contributed by atoms with van der Waals surface area (Å²) in [5, 5.41) is 7.39. The van der Waals surface area contributed by atoms with Gasteiger partial charge in [-0.3, -0.25) is 0 Å². The smallest absolute Gasteiger partial charge is 0.171 e.